The first kappa shape index (κ1) is 19.9. The molecule has 1 rings (SSSR count). The molecule has 0 saturated heterocycles. The molecule has 6 heteroatoms. The summed E-state index contributed by atoms with van der Waals surface area (Å²) in [5.74, 6) is -0.0703. The topological polar surface area (TPSA) is 72.9 Å². The first-order valence-electron chi connectivity index (χ1n) is 7.49. The monoisotopic (exact) mass is 316 g/mol. The van der Waals surface area contributed by atoms with Crippen LogP contribution in [0.3, 0.4) is 0 Å². The maximum atomic E-state index is 12.4. The van der Waals surface area contributed by atoms with Crippen molar-refractivity contribution < 1.29 is 4.79 Å². The van der Waals surface area contributed by atoms with Gasteiger partial charge in [-0.2, -0.15) is 5.10 Å². The van der Waals surface area contributed by atoms with E-state index < -0.39 is 0 Å². The van der Waals surface area contributed by atoms with Crippen LogP contribution >= 0.6 is 12.4 Å². The molecule has 0 aliphatic rings. The summed E-state index contributed by atoms with van der Waals surface area (Å²) in [5.41, 5.74) is 8.29. The van der Waals surface area contributed by atoms with Gasteiger partial charge >= 0.3 is 0 Å². The number of amides is 1. The van der Waals surface area contributed by atoms with Crippen LogP contribution in [0.2, 0.25) is 0 Å². The Morgan fingerprint density at radius 1 is 1.29 bits per heavy atom. The van der Waals surface area contributed by atoms with Crippen LogP contribution < -0.4 is 11.1 Å². The molecule has 3 N–H and O–H groups in total. The minimum atomic E-state index is -0.323. The molecular formula is C15H29ClN4O. The van der Waals surface area contributed by atoms with Crippen LogP contribution in [0.4, 0.5) is 0 Å². The SMILES string of the molecule is CCCn1nc(C)c(C(=O)NCC(N)(CC)CC)c1C.Cl. The molecule has 0 radical (unpaired) electrons. The van der Waals surface area contributed by atoms with E-state index in [-0.39, 0.29) is 23.9 Å². The van der Waals surface area contributed by atoms with E-state index in [9.17, 15) is 4.79 Å². The molecule has 0 aromatic carbocycles. The molecule has 122 valence electrons. The van der Waals surface area contributed by atoms with Crippen LogP contribution in [-0.2, 0) is 6.54 Å². The van der Waals surface area contributed by atoms with E-state index >= 15 is 0 Å². The molecule has 1 heterocycles. The van der Waals surface area contributed by atoms with E-state index in [4.69, 9.17) is 5.73 Å². The van der Waals surface area contributed by atoms with Crippen molar-refractivity contribution in [3.05, 3.63) is 17.0 Å². The Bertz CT molecular complexity index is 466. The normalized spacial score (nSPS) is 11.1. The lowest BCUT2D eigenvalue weighted by molar-refractivity contribution is 0.0941. The summed E-state index contributed by atoms with van der Waals surface area (Å²) < 4.78 is 1.90. The zero-order valence-corrected chi connectivity index (χ0v) is 14.6. The molecule has 0 saturated carbocycles. The second-order valence-corrected chi connectivity index (χ2v) is 5.52. The molecule has 0 atom stereocenters. The maximum absolute atomic E-state index is 12.4. The summed E-state index contributed by atoms with van der Waals surface area (Å²) in [5, 5.41) is 7.39. The summed E-state index contributed by atoms with van der Waals surface area (Å²) in [7, 11) is 0. The van der Waals surface area contributed by atoms with Gasteiger partial charge in [-0.05, 0) is 33.1 Å². The lowest BCUT2D eigenvalue weighted by Gasteiger charge is -2.26. The fraction of sp³-hybridized carbons (Fsp3) is 0.733. The van der Waals surface area contributed by atoms with Crippen molar-refractivity contribution in [2.75, 3.05) is 6.54 Å². The Hall–Kier alpha value is -1.07. The number of hydrogen-bond acceptors (Lipinski definition) is 3. The Kier molecular flexibility index (Phi) is 7.96. The van der Waals surface area contributed by atoms with E-state index in [2.05, 4.69) is 17.3 Å². The van der Waals surface area contributed by atoms with Gasteiger partial charge in [0.05, 0.1) is 11.3 Å². The average Bonchev–Trinajstić information content (AvgIpc) is 2.71. The molecule has 1 aromatic rings. The van der Waals surface area contributed by atoms with E-state index in [0.717, 1.165) is 37.2 Å². The van der Waals surface area contributed by atoms with Crippen LogP contribution in [0.1, 0.15) is 61.8 Å². The smallest absolute Gasteiger partial charge is 0.255 e. The molecule has 0 fully saturated rings. The van der Waals surface area contributed by atoms with Crippen molar-refractivity contribution in [3.63, 3.8) is 0 Å². The summed E-state index contributed by atoms with van der Waals surface area (Å²) in [6.45, 7) is 11.4. The van der Waals surface area contributed by atoms with Crippen molar-refractivity contribution in [1.82, 2.24) is 15.1 Å². The summed E-state index contributed by atoms with van der Waals surface area (Å²) in [6, 6.07) is 0. The number of nitrogens with zero attached hydrogens (tertiary/aromatic N) is 2. The molecule has 1 aromatic heterocycles. The van der Waals surface area contributed by atoms with Crippen LogP contribution in [0.15, 0.2) is 0 Å². The summed E-state index contributed by atoms with van der Waals surface area (Å²) >= 11 is 0. The predicted octanol–water partition coefficient (Wildman–Crippen LogP) is 2.58. The van der Waals surface area contributed by atoms with Crippen molar-refractivity contribution in [1.29, 1.82) is 0 Å². The van der Waals surface area contributed by atoms with Crippen LogP contribution in [0.25, 0.3) is 0 Å². The van der Waals surface area contributed by atoms with Gasteiger partial charge in [-0.15, -0.1) is 12.4 Å². The predicted molar refractivity (Wildman–Crippen MR) is 89.1 cm³/mol. The zero-order chi connectivity index (χ0) is 15.3. The van der Waals surface area contributed by atoms with Gasteiger partial charge < -0.3 is 11.1 Å². The molecule has 0 aliphatic heterocycles. The lowest BCUT2D eigenvalue weighted by Crippen LogP contribution is -2.49. The third-order valence-corrected chi connectivity index (χ3v) is 4.05. The van der Waals surface area contributed by atoms with Crippen LogP contribution in [-0.4, -0.2) is 27.8 Å². The van der Waals surface area contributed by atoms with Crippen molar-refractivity contribution >= 4 is 18.3 Å². The van der Waals surface area contributed by atoms with E-state index in [1.165, 1.54) is 0 Å². The van der Waals surface area contributed by atoms with Gasteiger partial charge in [-0.3, -0.25) is 9.48 Å². The fourth-order valence-electron chi connectivity index (χ4n) is 2.30. The van der Waals surface area contributed by atoms with Gasteiger partial charge in [0.2, 0.25) is 0 Å². The average molecular weight is 317 g/mol. The van der Waals surface area contributed by atoms with E-state index in [1.807, 2.05) is 32.4 Å². The summed E-state index contributed by atoms with van der Waals surface area (Å²) in [6.07, 6.45) is 2.69. The van der Waals surface area contributed by atoms with Gasteiger partial charge in [0.1, 0.15) is 0 Å². The third-order valence-electron chi connectivity index (χ3n) is 4.05. The number of nitrogens with two attached hydrogens (primary N) is 1. The zero-order valence-electron chi connectivity index (χ0n) is 13.8. The highest BCUT2D eigenvalue weighted by Crippen LogP contribution is 2.15. The molecule has 1 amide bonds. The van der Waals surface area contributed by atoms with Gasteiger partial charge in [0, 0.05) is 24.3 Å². The highest BCUT2D eigenvalue weighted by Gasteiger charge is 2.23. The highest BCUT2D eigenvalue weighted by molar-refractivity contribution is 5.96. The first-order valence-corrected chi connectivity index (χ1v) is 7.49. The second kappa shape index (κ2) is 8.39. The number of nitrogens with one attached hydrogen (secondary N) is 1. The van der Waals surface area contributed by atoms with Gasteiger partial charge in [-0.1, -0.05) is 20.8 Å². The fourth-order valence-corrected chi connectivity index (χ4v) is 2.30. The number of halogens is 1. The lowest BCUT2D eigenvalue weighted by atomic mass is 9.94. The standard InChI is InChI=1S/C15H28N4O.ClH/c1-6-9-19-12(5)13(11(4)18-19)14(20)17-10-15(16,7-2)8-3;/h6-10,16H2,1-5H3,(H,17,20);1H. The molecule has 0 spiro atoms. The van der Waals surface area contributed by atoms with Crippen molar-refractivity contribution in [2.24, 2.45) is 5.73 Å². The largest absolute Gasteiger partial charge is 0.350 e. The van der Waals surface area contributed by atoms with Crippen LogP contribution in [0.5, 0.6) is 0 Å². The van der Waals surface area contributed by atoms with E-state index in [0.29, 0.717) is 12.1 Å². The molecule has 0 bridgehead atoms. The minimum absolute atomic E-state index is 0. The Morgan fingerprint density at radius 3 is 2.33 bits per heavy atom. The highest BCUT2D eigenvalue weighted by atomic mass is 35.5. The van der Waals surface area contributed by atoms with Gasteiger partial charge in [0.25, 0.3) is 5.91 Å². The minimum Gasteiger partial charge on any atom is -0.350 e. The number of carbonyl (C=O) groups is 1. The van der Waals surface area contributed by atoms with Crippen molar-refractivity contribution in [2.45, 2.75) is 66.0 Å². The molecule has 5 nitrogen and oxygen atoms in total. The number of aromatic nitrogens is 2. The molecular weight excluding hydrogens is 288 g/mol. The molecule has 21 heavy (non-hydrogen) atoms. The quantitative estimate of drug-likeness (QED) is 0.812. The van der Waals surface area contributed by atoms with Gasteiger partial charge in [0.15, 0.2) is 0 Å². The van der Waals surface area contributed by atoms with Crippen molar-refractivity contribution in [3.8, 4) is 0 Å². The first-order chi connectivity index (χ1) is 9.38. The third kappa shape index (κ3) is 4.71. The Morgan fingerprint density at radius 2 is 1.86 bits per heavy atom. The number of rotatable bonds is 7. The van der Waals surface area contributed by atoms with Crippen LogP contribution in [0, 0.1) is 13.8 Å². The maximum Gasteiger partial charge on any atom is 0.255 e. The number of carbonyl (C=O) groups excluding carboxylic acids is 1. The van der Waals surface area contributed by atoms with Gasteiger partial charge in [-0.25, -0.2) is 0 Å². The Labute approximate surface area is 134 Å². The number of aryl methyl sites for hydroxylation is 2. The second-order valence-electron chi connectivity index (χ2n) is 5.52. The molecule has 0 unspecified atom stereocenters. The summed E-state index contributed by atoms with van der Waals surface area (Å²) in [4.78, 5) is 12.4. The Balaban J connectivity index is 0.00000400. The molecule has 0 aliphatic carbocycles. The van der Waals surface area contributed by atoms with E-state index in [1.54, 1.807) is 0 Å². The number of hydrogen-bond donors (Lipinski definition) is 2.